The van der Waals surface area contributed by atoms with Crippen molar-refractivity contribution >= 4 is 11.8 Å². The van der Waals surface area contributed by atoms with Crippen LogP contribution in [0.25, 0.3) is 0 Å². The molecule has 0 aliphatic heterocycles. The summed E-state index contributed by atoms with van der Waals surface area (Å²) in [6.07, 6.45) is 4.78. The Balaban J connectivity index is 2.68. The van der Waals surface area contributed by atoms with Crippen molar-refractivity contribution in [2.24, 2.45) is 5.73 Å². The molecule has 0 radical (unpaired) electrons. The minimum atomic E-state index is 0.00681. The van der Waals surface area contributed by atoms with Crippen LogP contribution in [0.15, 0.2) is 6.33 Å². The Labute approximate surface area is 89.3 Å². The second kappa shape index (κ2) is 5.36. The number of nitrogens with two attached hydrogens (primary N) is 1. The van der Waals surface area contributed by atoms with Gasteiger partial charge in [-0.1, -0.05) is 0 Å². The summed E-state index contributed by atoms with van der Waals surface area (Å²) in [5, 5.41) is 7.97. The van der Waals surface area contributed by atoms with Gasteiger partial charge in [-0.2, -0.15) is 11.8 Å². The predicted molar refractivity (Wildman–Crippen MR) is 60.3 cm³/mol. The normalized spacial score (nSPS) is 13.5. The Kier molecular flexibility index (Phi) is 4.41. The summed E-state index contributed by atoms with van der Waals surface area (Å²) in [6.45, 7) is 4.21. The van der Waals surface area contributed by atoms with Crippen molar-refractivity contribution in [3.63, 3.8) is 0 Å². The van der Waals surface area contributed by atoms with Gasteiger partial charge in [0.15, 0.2) is 0 Å². The molecule has 80 valence electrons. The third-order valence-electron chi connectivity index (χ3n) is 2.12. The maximum Gasteiger partial charge on any atom is 0.150 e. The number of hydrogen-bond donors (Lipinski definition) is 1. The van der Waals surface area contributed by atoms with Gasteiger partial charge in [-0.05, 0) is 32.3 Å². The summed E-state index contributed by atoms with van der Waals surface area (Å²) in [5.41, 5.74) is 6.03. The SMILES string of the molecule is CSCC[C@@H](N)c1nncn1C(C)C. The van der Waals surface area contributed by atoms with Crippen molar-refractivity contribution in [3.8, 4) is 0 Å². The van der Waals surface area contributed by atoms with E-state index in [9.17, 15) is 0 Å². The maximum atomic E-state index is 6.03. The van der Waals surface area contributed by atoms with E-state index in [1.807, 2.05) is 4.57 Å². The van der Waals surface area contributed by atoms with Crippen LogP contribution in [0.3, 0.4) is 0 Å². The van der Waals surface area contributed by atoms with Crippen LogP contribution in [0, 0.1) is 0 Å². The van der Waals surface area contributed by atoms with Crippen molar-refractivity contribution in [2.45, 2.75) is 32.4 Å². The summed E-state index contributed by atoms with van der Waals surface area (Å²) in [6, 6.07) is 0.382. The molecule has 0 bridgehead atoms. The van der Waals surface area contributed by atoms with E-state index < -0.39 is 0 Å². The average Bonchev–Trinajstić information content (AvgIpc) is 2.62. The molecule has 1 aromatic rings. The van der Waals surface area contributed by atoms with E-state index in [-0.39, 0.29) is 6.04 Å². The Bertz CT molecular complexity index is 272. The van der Waals surface area contributed by atoms with Crippen LogP contribution in [0.4, 0.5) is 0 Å². The fourth-order valence-electron chi connectivity index (χ4n) is 1.29. The van der Waals surface area contributed by atoms with Gasteiger partial charge >= 0.3 is 0 Å². The molecule has 1 aromatic heterocycles. The fraction of sp³-hybridized carbons (Fsp3) is 0.778. The zero-order chi connectivity index (χ0) is 10.6. The number of thioether (sulfide) groups is 1. The highest BCUT2D eigenvalue weighted by Gasteiger charge is 2.14. The highest BCUT2D eigenvalue weighted by molar-refractivity contribution is 7.98. The monoisotopic (exact) mass is 214 g/mol. The van der Waals surface area contributed by atoms with Gasteiger partial charge in [0, 0.05) is 6.04 Å². The number of rotatable bonds is 5. The van der Waals surface area contributed by atoms with Crippen molar-refractivity contribution in [1.29, 1.82) is 0 Å². The summed E-state index contributed by atoms with van der Waals surface area (Å²) < 4.78 is 2.03. The molecule has 0 aliphatic carbocycles. The molecule has 5 heteroatoms. The van der Waals surface area contributed by atoms with Crippen LogP contribution < -0.4 is 5.73 Å². The number of nitrogens with zero attached hydrogens (tertiary/aromatic N) is 3. The van der Waals surface area contributed by atoms with Crippen LogP contribution in [0.1, 0.15) is 38.2 Å². The second-order valence-corrected chi connectivity index (χ2v) is 4.56. The van der Waals surface area contributed by atoms with E-state index in [0.717, 1.165) is 18.0 Å². The molecular weight excluding hydrogens is 196 g/mol. The third-order valence-corrected chi connectivity index (χ3v) is 2.77. The van der Waals surface area contributed by atoms with Crippen molar-refractivity contribution < 1.29 is 0 Å². The van der Waals surface area contributed by atoms with Crippen molar-refractivity contribution in [1.82, 2.24) is 14.8 Å². The van der Waals surface area contributed by atoms with Crippen LogP contribution >= 0.6 is 11.8 Å². The van der Waals surface area contributed by atoms with Crippen LogP contribution in [0.5, 0.6) is 0 Å². The lowest BCUT2D eigenvalue weighted by Crippen LogP contribution is -2.18. The van der Waals surface area contributed by atoms with Crippen molar-refractivity contribution in [3.05, 3.63) is 12.2 Å². The highest BCUT2D eigenvalue weighted by atomic mass is 32.2. The summed E-state index contributed by atoms with van der Waals surface area (Å²) in [7, 11) is 0. The largest absolute Gasteiger partial charge is 0.321 e. The van der Waals surface area contributed by atoms with Gasteiger partial charge < -0.3 is 10.3 Å². The molecule has 0 aromatic carbocycles. The Morgan fingerprint density at radius 2 is 2.29 bits per heavy atom. The van der Waals surface area contributed by atoms with E-state index >= 15 is 0 Å². The van der Waals surface area contributed by atoms with Crippen LogP contribution in [-0.4, -0.2) is 26.8 Å². The Hall–Kier alpha value is -0.550. The lowest BCUT2D eigenvalue weighted by atomic mass is 10.2. The molecule has 4 nitrogen and oxygen atoms in total. The summed E-state index contributed by atoms with van der Waals surface area (Å²) in [4.78, 5) is 0. The number of aromatic nitrogens is 3. The van der Waals surface area contributed by atoms with Crippen LogP contribution in [-0.2, 0) is 0 Å². The topological polar surface area (TPSA) is 56.7 Å². The molecule has 0 amide bonds. The molecule has 0 unspecified atom stereocenters. The minimum Gasteiger partial charge on any atom is -0.321 e. The molecule has 0 saturated carbocycles. The Morgan fingerprint density at radius 3 is 2.86 bits per heavy atom. The minimum absolute atomic E-state index is 0.00681. The molecular formula is C9H18N4S. The van der Waals surface area contributed by atoms with Crippen molar-refractivity contribution in [2.75, 3.05) is 12.0 Å². The van der Waals surface area contributed by atoms with Gasteiger partial charge in [0.05, 0.1) is 6.04 Å². The molecule has 1 rings (SSSR count). The molecule has 0 spiro atoms. The zero-order valence-electron chi connectivity index (χ0n) is 8.97. The quantitative estimate of drug-likeness (QED) is 0.809. The zero-order valence-corrected chi connectivity index (χ0v) is 9.79. The van der Waals surface area contributed by atoms with E-state index in [2.05, 4.69) is 30.3 Å². The fourth-order valence-corrected chi connectivity index (χ4v) is 1.78. The smallest absolute Gasteiger partial charge is 0.150 e. The van der Waals surface area contributed by atoms with E-state index in [4.69, 9.17) is 5.73 Å². The van der Waals surface area contributed by atoms with E-state index in [0.29, 0.717) is 6.04 Å². The first-order valence-electron chi connectivity index (χ1n) is 4.80. The van der Waals surface area contributed by atoms with Gasteiger partial charge in [0.2, 0.25) is 0 Å². The molecule has 0 saturated heterocycles. The van der Waals surface area contributed by atoms with Gasteiger partial charge in [0.1, 0.15) is 12.2 Å². The first kappa shape index (κ1) is 11.5. The van der Waals surface area contributed by atoms with Gasteiger partial charge in [-0.15, -0.1) is 10.2 Å². The first-order chi connectivity index (χ1) is 6.66. The maximum absolute atomic E-state index is 6.03. The molecule has 14 heavy (non-hydrogen) atoms. The molecule has 0 aliphatic rings. The summed E-state index contributed by atoms with van der Waals surface area (Å²) in [5.74, 6) is 1.96. The summed E-state index contributed by atoms with van der Waals surface area (Å²) >= 11 is 1.80. The number of hydrogen-bond acceptors (Lipinski definition) is 4. The molecule has 1 atom stereocenters. The average molecular weight is 214 g/mol. The molecule has 2 N–H and O–H groups in total. The van der Waals surface area contributed by atoms with Gasteiger partial charge in [-0.3, -0.25) is 0 Å². The standard InChI is InChI=1S/C9H18N4S/c1-7(2)13-6-11-12-9(13)8(10)4-5-14-3/h6-8H,4-5,10H2,1-3H3/t8-/m1/s1. The van der Waals surface area contributed by atoms with Crippen LogP contribution in [0.2, 0.25) is 0 Å². The Morgan fingerprint density at radius 1 is 1.57 bits per heavy atom. The lowest BCUT2D eigenvalue weighted by Gasteiger charge is -2.14. The highest BCUT2D eigenvalue weighted by Crippen LogP contribution is 2.16. The molecule has 0 fully saturated rings. The van der Waals surface area contributed by atoms with E-state index in [1.165, 1.54) is 0 Å². The molecule has 1 heterocycles. The third kappa shape index (κ3) is 2.72. The van der Waals surface area contributed by atoms with Gasteiger partial charge in [0.25, 0.3) is 0 Å². The van der Waals surface area contributed by atoms with Gasteiger partial charge in [-0.25, -0.2) is 0 Å². The predicted octanol–water partition coefficient (Wildman–Crippen LogP) is 1.61. The first-order valence-corrected chi connectivity index (χ1v) is 6.20. The van der Waals surface area contributed by atoms with E-state index in [1.54, 1.807) is 18.1 Å². The lowest BCUT2D eigenvalue weighted by molar-refractivity contribution is 0.525. The second-order valence-electron chi connectivity index (χ2n) is 3.58.